The molecule has 0 saturated heterocycles. The predicted molar refractivity (Wildman–Crippen MR) is 105 cm³/mol. The summed E-state index contributed by atoms with van der Waals surface area (Å²) in [6.07, 6.45) is 3.20. The van der Waals surface area contributed by atoms with Gasteiger partial charge in [-0.3, -0.25) is 4.99 Å². The summed E-state index contributed by atoms with van der Waals surface area (Å²) in [7, 11) is -2.96. The number of sulfone groups is 1. The zero-order valence-electron chi connectivity index (χ0n) is 15.8. The lowest BCUT2D eigenvalue weighted by Gasteiger charge is -2.18. The minimum atomic E-state index is -2.96. The maximum absolute atomic E-state index is 11.6. The largest absolute Gasteiger partial charge is 0.357 e. The van der Waals surface area contributed by atoms with Crippen LogP contribution in [0.25, 0.3) is 0 Å². The average Bonchev–Trinajstić information content (AvgIpc) is 3.27. The van der Waals surface area contributed by atoms with Crippen LogP contribution in [0.15, 0.2) is 29.3 Å². The molecule has 1 aliphatic carbocycles. The van der Waals surface area contributed by atoms with E-state index in [4.69, 9.17) is 0 Å². The highest BCUT2D eigenvalue weighted by molar-refractivity contribution is 7.90. The Labute approximate surface area is 152 Å². The predicted octanol–water partition coefficient (Wildman–Crippen LogP) is 2.48. The van der Waals surface area contributed by atoms with Crippen molar-refractivity contribution in [2.24, 2.45) is 10.4 Å². The van der Waals surface area contributed by atoms with Gasteiger partial charge in [-0.25, -0.2) is 8.42 Å². The van der Waals surface area contributed by atoms with Crippen molar-refractivity contribution in [3.8, 4) is 0 Å². The first-order valence-electron chi connectivity index (χ1n) is 8.99. The minimum Gasteiger partial charge on any atom is -0.357 e. The molecule has 140 valence electrons. The Bertz CT molecular complexity index is 709. The molecule has 0 aromatic heterocycles. The number of hydrogen-bond acceptors (Lipinski definition) is 3. The van der Waals surface area contributed by atoms with Gasteiger partial charge < -0.3 is 10.6 Å². The van der Waals surface area contributed by atoms with Crippen molar-refractivity contribution in [1.29, 1.82) is 0 Å². The van der Waals surface area contributed by atoms with Crippen LogP contribution in [0.5, 0.6) is 0 Å². The first-order valence-corrected chi connectivity index (χ1v) is 11.1. The van der Waals surface area contributed by atoms with Gasteiger partial charge in [0.25, 0.3) is 0 Å². The maximum atomic E-state index is 11.6. The number of aliphatic imine (C=N–C) groups is 1. The number of nitrogens with one attached hydrogen (secondary N) is 2. The summed E-state index contributed by atoms with van der Waals surface area (Å²) in [5, 5.41) is 6.64. The number of benzene rings is 1. The van der Waals surface area contributed by atoms with Gasteiger partial charge in [0.1, 0.15) is 9.84 Å². The molecule has 1 aliphatic rings. The molecule has 1 atom stereocenters. The Morgan fingerprint density at radius 2 is 2.04 bits per heavy atom. The van der Waals surface area contributed by atoms with E-state index in [0.29, 0.717) is 12.5 Å². The molecule has 1 fully saturated rings. The van der Waals surface area contributed by atoms with Crippen molar-refractivity contribution >= 4 is 15.8 Å². The Morgan fingerprint density at radius 3 is 2.60 bits per heavy atom. The quantitative estimate of drug-likeness (QED) is 0.548. The van der Waals surface area contributed by atoms with Crippen LogP contribution in [0.3, 0.4) is 0 Å². The summed E-state index contributed by atoms with van der Waals surface area (Å²) in [6, 6.07) is 8.55. The lowest BCUT2D eigenvalue weighted by atomic mass is 9.99. The van der Waals surface area contributed by atoms with Gasteiger partial charge >= 0.3 is 0 Å². The number of hydrogen-bond donors (Lipinski definition) is 2. The van der Waals surface area contributed by atoms with Crippen LogP contribution < -0.4 is 10.6 Å². The maximum Gasteiger partial charge on any atom is 0.191 e. The summed E-state index contributed by atoms with van der Waals surface area (Å²) in [5.74, 6) is 1.37. The summed E-state index contributed by atoms with van der Waals surface area (Å²) < 4.78 is 23.2. The summed E-state index contributed by atoms with van der Waals surface area (Å²) >= 11 is 0. The lowest BCUT2D eigenvalue weighted by Crippen LogP contribution is -2.39. The summed E-state index contributed by atoms with van der Waals surface area (Å²) in [4.78, 5) is 4.64. The monoisotopic (exact) mass is 365 g/mol. The standard InChI is InChI=1S/C19H31N3O2S/c1-5-20-18(22-13-19(9-10-19)14-25(4,23)24)21-12-16(3)17-8-6-7-15(2)11-17/h6-8,11,16H,5,9-10,12-14H2,1-4H3,(H2,20,21,22). The molecule has 0 heterocycles. The van der Waals surface area contributed by atoms with Gasteiger partial charge in [-0.1, -0.05) is 36.8 Å². The third kappa shape index (κ3) is 6.69. The molecule has 0 radical (unpaired) electrons. The SMILES string of the molecule is CCNC(=NCC1(CS(C)(=O)=O)CC1)NCC(C)c1cccc(C)c1. The van der Waals surface area contributed by atoms with Gasteiger partial charge in [0.2, 0.25) is 0 Å². The second-order valence-corrected chi connectivity index (χ2v) is 9.60. The molecule has 0 spiro atoms. The van der Waals surface area contributed by atoms with Gasteiger partial charge in [-0.15, -0.1) is 0 Å². The van der Waals surface area contributed by atoms with Crippen LogP contribution in [0.2, 0.25) is 0 Å². The average molecular weight is 366 g/mol. The van der Waals surface area contributed by atoms with Gasteiger partial charge in [-0.2, -0.15) is 0 Å². The number of nitrogens with zero attached hydrogens (tertiary/aromatic N) is 1. The first-order chi connectivity index (χ1) is 11.7. The van der Waals surface area contributed by atoms with Crippen molar-refractivity contribution < 1.29 is 8.42 Å². The molecule has 25 heavy (non-hydrogen) atoms. The van der Waals surface area contributed by atoms with Crippen LogP contribution in [0, 0.1) is 12.3 Å². The molecule has 2 N–H and O–H groups in total. The van der Waals surface area contributed by atoms with Crippen molar-refractivity contribution in [2.45, 2.75) is 39.5 Å². The third-order valence-corrected chi connectivity index (χ3v) is 5.77. The third-order valence-electron chi connectivity index (χ3n) is 4.63. The van der Waals surface area contributed by atoms with Gasteiger partial charge in [-0.05, 0) is 38.2 Å². The van der Waals surface area contributed by atoms with E-state index in [0.717, 1.165) is 31.9 Å². The highest BCUT2D eigenvalue weighted by Crippen LogP contribution is 2.46. The van der Waals surface area contributed by atoms with E-state index in [9.17, 15) is 8.42 Å². The van der Waals surface area contributed by atoms with Crippen molar-refractivity contribution in [3.05, 3.63) is 35.4 Å². The summed E-state index contributed by atoms with van der Waals surface area (Å²) in [6.45, 7) is 8.46. The second kappa shape index (κ2) is 8.21. The molecular weight excluding hydrogens is 334 g/mol. The Balaban J connectivity index is 1.94. The van der Waals surface area contributed by atoms with Crippen LogP contribution in [-0.2, 0) is 9.84 Å². The molecule has 0 aliphatic heterocycles. The first kappa shape index (κ1) is 19.8. The fraction of sp³-hybridized carbons (Fsp3) is 0.632. The molecule has 0 amide bonds. The summed E-state index contributed by atoms with van der Waals surface area (Å²) in [5.41, 5.74) is 2.43. The number of aryl methyl sites for hydroxylation is 1. The van der Waals surface area contributed by atoms with Crippen LogP contribution in [0.1, 0.15) is 43.7 Å². The molecule has 1 unspecified atom stereocenters. The molecule has 5 nitrogen and oxygen atoms in total. The zero-order chi connectivity index (χ0) is 18.5. The van der Waals surface area contributed by atoms with Crippen molar-refractivity contribution in [2.75, 3.05) is 31.6 Å². The fourth-order valence-electron chi connectivity index (χ4n) is 3.01. The zero-order valence-corrected chi connectivity index (χ0v) is 16.6. The topological polar surface area (TPSA) is 70.6 Å². The van der Waals surface area contributed by atoms with E-state index in [1.165, 1.54) is 17.4 Å². The van der Waals surface area contributed by atoms with E-state index in [1.807, 2.05) is 6.92 Å². The Morgan fingerprint density at radius 1 is 1.32 bits per heavy atom. The van der Waals surface area contributed by atoms with E-state index in [1.54, 1.807) is 0 Å². The van der Waals surface area contributed by atoms with Crippen LogP contribution in [0.4, 0.5) is 0 Å². The normalized spacial score (nSPS) is 17.8. The second-order valence-electron chi connectivity index (χ2n) is 7.46. The van der Waals surface area contributed by atoms with E-state index in [-0.39, 0.29) is 11.2 Å². The highest BCUT2D eigenvalue weighted by Gasteiger charge is 2.45. The Hall–Kier alpha value is -1.56. The van der Waals surface area contributed by atoms with Gasteiger partial charge in [0, 0.05) is 31.3 Å². The molecular formula is C19H31N3O2S. The molecule has 1 saturated carbocycles. The smallest absolute Gasteiger partial charge is 0.191 e. The van der Waals surface area contributed by atoms with E-state index in [2.05, 4.69) is 53.7 Å². The fourth-order valence-corrected chi connectivity index (χ4v) is 4.51. The molecule has 1 aromatic carbocycles. The van der Waals surface area contributed by atoms with Crippen molar-refractivity contribution in [1.82, 2.24) is 10.6 Å². The van der Waals surface area contributed by atoms with E-state index >= 15 is 0 Å². The Kier molecular flexibility index (Phi) is 6.49. The molecule has 0 bridgehead atoms. The lowest BCUT2D eigenvalue weighted by molar-refractivity contribution is 0.549. The van der Waals surface area contributed by atoms with Gasteiger partial charge in [0.05, 0.1) is 5.75 Å². The minimum absolute atomic E-state index is 0.141. The number of guanidine groups is 1. The molecule has 6 heteroatoms. The number of rotatable bonds is 8. The van der Waals surface area contributed by atoms with Crippen LogP contribution >= 0.6 is 0 Å². The molecule has 2 rings (SSSR count). The van der Waals surface area contributed by atoms with Crippen LogP contribution in [-0.4, -0.2) is 46.0 Å². The highest BCUT2D eigenvalue weighted by atomic mass is 32.2. The molecule has 1 aromatic rings. The van der Waals surface area contributed by atoms with Crippen molar-refractivity contribution in [3.63, 3.8) is 0 Å². The van der Waals surface area contributed by atoms with E-state index < -0.39 is 9.84 Å². The van der Waals surface area contributed by atoms with Gasteiger partial charge in [0.15, 0.2) is 5.96 Å².